The Bertz CT molecular complexity index is 1380. The Balaban J connectivity index is 1.29. The van der Waals surface area contributed by atoms with Crippen LogP contribution in [0.3, 0.4) is 0 Å². The largest absolute Gasteiger partial charge is 0.274 e. The molecule has 2 heterocycles. The Morgan fingerprint density at radius 3 is 0.654 bits per heavy atom. The summed E-state index contributed by atoms with van der Waals surface area (Å²) in [5, 5.41) is 1.08. The quantitative estimate of drug-likeness (QED) is 0.0575. The first-order chi connectivity index (χ1) is 25.5. The normalized spacial score (nSPS) is 11.9. The zero-order chi connectivity index (χ0) is 37.2. The van der Waals surface area contributed by atoms with Crippen LogP contribution in [0.2, 0.25) is 0 Å². The lowest BCUT2D eigenvalue weighted by atomic mass is 10.0. The molecule has 0 saturated carbocycles. The fraction of sp³-hybridized carbons (Fsp3) is 0.783. The topological polar surface area (TPSA) is 78.1 Å². The van der Waals surface area contributed by atoms with Crippen LogP contribution in [0.1, 0.15) is 219 Å². The highest BCUT2D eigenvalue weighted by Crippen LogP contribution is 2.18. The summed E-state index contributed by atoms with van der Waals surface area (Å²) < 4.78 is 2.62. The van der Waals surface area contributed by atoms with Crippen LogP contribution in [-0.4, -0.2) is 9.13 Å². The van der Waals surface area contributed by atoms with Gasteiger partial charge in [0.1, 0.15) is 0 Å². The van der Waals surface area contributed by atoms with Crippen molar-refractivity contribution in [3.8, 4) is 0 Å². The van der Waals surface area contributed by atoms with E-state index in [1.165, 1.54) is 188 Å². The fourth-order valence-corrected chi connectivity index (χ4v) is 8.12. The molecule has 2 aromatic heterocycles. The van der Waals surface area contributed by atoms with Crippen LogP contribution in [-0.2, 0) is 13.1 Å². The van der Waals surface area contributed by atoms with E-state index in [-0.39, 0.29) is 43.8 Å². The third-order valence-electron chi connectivity index (χ3n) is 11.5. The molecular weight excluding hydrogens is 645 g/mol. The lowest BCUT2D eigenvalue weighted by Crippen LogP contribution is -2.26. The molecule has 0 atom stereocenters. The second-order valence-corrected chi connectivity index (χ2v) is 16.1. The Kier molecular flexibility index (Phi) is 22.9. The molecule has 52 heavy (non-hydrogen) atoms. The van der Waals surface area contributed by atoms with Crippen LogP contribution in [0.5, 0.6) is 0 Å². The summed E-state index contributed by atoms with van der Waals surface area (Å²) >= 11 is 0. The predicted octanol–water partition coefficient (Wildman–Crippen LogP) is 12.4. The van der Waals surface area contributed by atoms with Gasteiger partial charge in [0.15, 0.2) is 0 Å². The molecule has 0 N–H and O–H groups in total. The molecule has 3 rings (SSSR count). The van der Waals surface area contributed by atoms with Crippen molar-refractivity contribution >= 4 is 21.5 Å². The van der Waals surface area contributed by atoms with Gasteiger partial charge in [-0.2, -0.15) is 0 Å². The van der Waals surface area contributed by atoms with Crippen molar-refractivity contribution in [3.05, 3.63) is 53.5 Å². The van der Waals surface area contributed by atoms with Crippen LogP contribution in [0.25, 0.3) is 21.5 Å². The minimum Gasteiger partial charge on any atom is -0.274 e. The van der Waals surface area contributed by atoms with Crippen molar-refractivity contribution in [2.24, 2.45) is 0 Å². The van der Waals surface area contributed by atoms with E-state index in [4.69, 9.17) is 0 Å². The molecule has 0 fully saturated rings. The second kappa shape index (κ2) is 27.1. The van der Waals surface area contributed by atoms with Crippen molar-refractivity contribution in [2.75, 3.05) is 0 Å². The summed E-state index contributed by atoms with van der Waals surface area (Å²) in [6.07, 6.45) is 40.8. The standard InChI is InChI=1S/C46H76N2O4/c1-3-5-7-9-11-13-15-17-19-21-23-25-27-29-31-33-35-47-43(49)39-37-41-42(38-40(39)44(47)50)46(52)48(45(41)51)36-34-32-30-28-26-24-22-20-18-16-14-12-10-8-6-4-2/h37-38H,3-36H2,1-2H3. The predicted molar refractivity (Wildman–Crippen MR) is 224 cm³/mol. The maximum atomic E-state index is 13.2. The molecule has 6 heteroatoms. The van der Waals surface area contributed by atoms with E-state index in [2.05, 4.69) is 13.8 Å². The number of nitrogens with zero attached hydrogens (tertiary/aromatic N) is 2. The van der Waals surface area contributed by atoms with E-state index in [0.29, 0.717) is 13.1 Å². The number of hydrogen-bond acceptors (Lipinski definition) is 4. The third-order valence-corrected chi connectivity index (χ3v) is 11.5. The third kappa shape index (κ3) is 15.5. The lowest BCUT2D eigenvalue weighted by Gasteiger charge is -2.04. The first kappa shape index (κ1) is 43.9. The molecule has 0 bridgehead atoms. The smallest absolute Gasteiger partial charge is 0.261 e. The zero-order valence-corrected chi connectivity index (χ0v) is 33.7. The minimum atomic E-state index is -0.333. The van der Waals surface area contributed by atoms with Crippen molar-refractivity contribution in [2.45, 2.75) is 232 Å². The van der Waals surface area contributed by atoms with E-state index in [1.807, 2.05) is 0 Å². The first-order valence-electron chi connectivity index (χ1n) is 22.4. The zero-order valence-electron chi connectivity index (χ0n) is 33.7. The van der Waals surface area contributed by atoms with Gasteiger partial charge in [-0.1, -0.05) is 206 Å². The van der Waals surface area contributed by atoms with Gasteiger partial charge in [-0.3, -0.25) is 28.3 Å². The molecule has 3 aromatic rings. The summed E-state index contributed by atoms with van der Waals surface area (Å²) in [4.78, 5) is 52.8. The van der Waals surface area contributed by atoms with Gasteiger partial charge in [0, 0.05) is 13.1 Å². The molecular formula is C46H76N2O4. The average Bonchev–Trinajstić information content (AvgIpc) is 3.52. The lowest BCUT2D eigenvalue weighted by molar-refractivity contribution is 0.518. The number of rotatable bonds is 34. The average molecular weight is 721 g/mol. The molecule has 0 unspecified atom stereocenters. The summed E-state index contributed by atoms with van der Waals surface area (Å²) in [6.45, 7) is 5.32. The van der Waals surface area contributed by atoms with Gasteiger partial charge in [0.25, 0.3) is 22.2 Å². The highest BCUT2D eigenvalue weighted by atomic mass is 16.2. The molecule has 0 amide bonds. The van der Waals surface area contributed by atoms with Gasteiger partial charge in [-0.15, -0.1) is 0 Å². The van der Waals surface area contributed by atoms with Crippen LogP contribution >= 0.6 is 0 Å². The number of aromatic nitrogens is 2. The van der Waals surface area contributed by atoms with Crippen LogP contribution in [0.15, 0.2) is 31.3 Å². The van der Waals surface area contributed by atoms with Crippen molar-refractivity contribution in [1.29, 1.82) is 0 Å². The summed E-state index contributed by atoms with van der Waals surface area (Å²) in [5.41, 5.74) is -1.33. The van der Waals surface area contributed by atoms with Crippen molar-refractivity contribution in [3.63, 3.8) is 0 Å². The van der Waals surface area contributed by atoms with E-state index in [0.717, 1.165) is 38.5 Å². The number of fused-ring (bicyclic) bond motifs is 2. The number of benzene rings is 1. The number of hydrogen-bond donors (Lipinski definition) is 0. The fourth-order valence-electron chi connectivity index (χ4n) is 8.12. The van der Waals surface area contributed by atoms with Gasteiger partial charge < -0.3 is 0 Å². The number of unbranched alkanes of at least 4 members (excludes halogenated alkanes) is 30. The monoisotopic (exact) mass is 721 g/mol. The van der Waals surface area contributed by atoms with Gasteiger partial charge in [-0.25, -0.2) is 0 Å². The molecule has 0 aliphatic heterocycles. The molecule has 0 aliphatic rings. The Hall–Kier alpha value is -2.50. The molecule has 0 spiro atoms. The van der Waals surface area contributed by atoms with Gasteiger partial charge in [-0.05, 0) is 25.0 Å². The van der Waals surface area contributed by atoms with Crippen LogP contribution in [0, 0.1) is 0 Å². The Labute approximate surface area is 315 Å². The molecule has 0 saturated heterocycles. The van der Waals surface area contributed by atoms with E-state index < -0.39 is 0 Å². The van der Waals surface area contributed by atoms with Crippen molar-refractivity contribution in [1.82, 2.24) is 9.13 Å². The highest BCUT2D eigenvalue weighted by molar-refractivity contribution is 5.97. The van der Waals surface area contributed by atoms with Crippen LogP contribution in [0.4, 0.5) is 0 Å². The summed E-state index contributed by atoms with van der Waals surface area (Å²) in [6, 6.07) is 3.01. The molecule has 294 valence electrons. The maximum absolute atomic E-state index is 13.2. The SMILES string of the molecule is CCCCCCCCCCCCCCCCCCn1c(=O)c2cc3c(=O)n(CCCCCCCCCCCCCCCCCC)c(=O)c3cc2c1=O. The molecule has 0 aliphatic carbocycles. The van der Waals surface area contributed by atoms with E-state index >= 15 is 0 Å². The van der Waals surface area contributed by atoms with Gasteiger partial charge in [0.05, 0.1) is 21.5 Å². The molecule has 6 nitrogen and oxygen atoms in total. The van der Waals surface area contributed by atoms with E-state index in [1.54, 1.807) is 0 Å². The molecule has 0 radical (unpaired) electrons. The first-order valence-corrected chi connectivity index (χ1v) is 22.4. The van der Waals surface area contributed by atoms with Crippen LogP contribution < -0.4 is 22.2 Å². The Morgan fingerprint density at radius 2 is 0.462 bits per heavy atom. The summed E-state index contributed by atoms with van der Waals surface area (Å²) in [7, 11) is 0. The highest BCUT2D eigenvalue weighted by Gasteiger charge is 2.19. The molecule has 1 aromatic carbocycles. The van der Waals surface area contributed by atoms with Crippen molar-refractivity contribution < 1.29 is 0 Å². The maximum Gasteiger partial charge on any atom is 0.261 e. The Morgan fingerprint density at radius 1 is 0.288 bits per heavy atom. The van der Waals surface area contributed by atoms with E-state index in [9.17, 15) is 19.2 Å². The second-order valence-electron chi connectivity index (χ2n) is 16.1. The van der Waals surface area contributed by atoms with Gasteiger partial charge in [0.2, 0.25) is 0 Å². The van der Waals surface area contributed by atoms with Gasteiger partial charge >= 0.3 is 0 Å². The summed E-state index contributed by atoms with van der Waals surface area (Å²) in [5.74, 6) is 0. The minimum absolute atomic E-state index is 0.269.